The summed E-state index contributed by atoms with van der Waals surface area (Å²) in [6.45, 7) is 5.92. The Hall–Kier alpha value is -0.870. The molecule has 2 rings (SSSR count). The lowest BCUT2D eigenvalue weighted by Gasteiger charge is -2.32. The van der Waals surface area contributed by atoms with Gasteiger partial charge in [0.25, 0.3) is 0 Å². The number of rotatable bonds is 2. The van der Waals surface area contributed by atoms with E-state index >= 15 is 0 Å². The van der Waals surface area contributed by atoms with Crippen LogP contribution >= 0.6 is 11.6 Å². The van der Waals surface area contributed by atoms with E-state index in [4.69, 9.17) is 16.7 Å². The average molecular weight is 256 g/mol. The molecule has 5 heteroatoms. The van der Waals surface area contributed by atoms with Crippen LogP contribution in [0, 0.1) is 19.8 Å². The third-order valence-corrected chi connectivity index (χ3v) is 3.67. The number of aliphatic hydroxyl groups excluding tert-OH is 1. The van der Waals surface area contributed by atoms with Crippen LogP contribution in [0.4, 0.5) is 5.82 Å². The van der Waals surface area contributed by atoms with Crippen LogP contribution in [0.3, 0.4) is 0 Å². The van der Waals surface area contributed by atoms with Gasteiger partial charge in [-0.3, -0.25) is 0 Å². The highest BCUT2D eigenvalue weighted by Gasteiger charge is 2.22. The van der Waals surface area contributed by atoms with Gasteiger partial charge in [-0.05, 0) is 32.6 Å². The Bertz CT molecular complexity index is 403. The first-order valence-corrected chi connectivity index (χ1v) is 6.36. The predicted octanol–water partition coefficient (Wildman–Crippen LogP) is 1.96. The van der Waals surface area contributed by atoms with Gasteiger partial charge in [0, 0.05) is 19.7 Å². The molecule has 1 aliphatic heterocycles. The van der Waals surface area contributed by atoms with Crippen molar-refractivity contribution in [3.63, 3.8) is 0 Å². The van der Waals surface area contributed by atoms with Crippen LogP contribution < -0.4 is 4.90 Å². The SMILES string of the molecule is Cc1nc(Cl)c(N2CCC(CO)CC2)nc1C. The molecule has 17 heavy (non-hydrogen) atoms. The van der Waals surface area contributed by atoms with Crippen molar-refractivity contribution in [3.8, 4) is 0 Å². The van der Waals surface area contributed by atoms with E-state index in [1.807, 2.05) is 13.8 Å². The topological polar surface area (TPSA) is 49.2 Å². The molecule has 94 valence electrons. The molecule has 0 bridgehead atoms. The zero-order chi connectivity index (χ0) is 12.4. The number of halogens is 1. The van der Waals surface area contributed by atoms with Crippen molar-refractivity contribution < 1.29 is 5.11 Å². The van der Waals surface area contributed by atoms with Crippen molar-refractivity contribution in [1.29, 1.82) is 0 Å². The molecule has 0 radical (unpaired) electrons. The summed E-state index contributed by atoms with van der Waals surface area (Å²) in [5.41, 5.74) is 1.80. The Kier molecular flexibility index (Phi) is 3.84. The highest BCUT2D eigenvalue weighted by Crippen LogP contribution is 2.27. The highest BCUT2D eigenvalue weighted by atomic mass is 35.5. The first kappa shape index (κ1) is 12.6. The van der Waals surface area contributed by atoms with Gasteiger partial charge in [-0.2, -0.15) is 0 Å². The summed E-state index contributed by atoms with van der Waals surface area (Å²) in [5, 5.41) is 9.59. The summed E-state index contributed by atoms with van der Waals surface area (Å²) in [6.07, 6.45) is 1.98. The molecule has 0 atom stereocenters. The van der Waals surface area contributed by atoms with Crippen molar-refractivity contribution >= 4 is 17.4 Å². The number of aromatic nitrogens is 2. The van der Waals surface area contributed by atoms with Crippen LogP contribution in [0.5, 0.6) is 0 Å². The van der Waals surface area contributed by atoms with Crippen LogP contribution in [0.25, 0.3) is 0 Å². The van der Waals surface area contributed by atoms with Crippen LogP contribution in [0.2, 0.25) is 5.15 Å². The fourth-order valence-corrected chi connectivity index (χ4v) is 2.38. The maximum atomic E-state index is 9.11. The van der Waals surface area contributed by atoms with Crippen LogP contribution in [0.15, 0.2) is 0 Å². The molecule has 4 nitrogen and oxygen atoms in total. The Morgan fingerprint density at radius 1 is 1.24 bits per heavy atom. The summed E-state index contributed by atoms with van der Waals surface area (Å²) in [5.74, 6) is 1.20. The summed E-state index contributed by atoms with van der Waals surface area (Å²) in [6, 6.07) is 0. The van der Waals surface area contributed by atoms with E-state index in [2.05, 4.69) is 14.9 Å². The lowest BCUT2D eigenvalue weighted by molar-refractivity contribution is 0.202. The fraction of sp³-hybridized carbons (Fsp3) is 0.667. The van der Waals surface area contributed by atoms with E-state index in [0.717, 1.165) is 43.1 Å². The van der Waals surface area contributed by atoms with Crippen LogP contribution in [-0.4, -0.2) is 34.8 Å². The molecule has 1 aliphatic rings. The Morgan fingerprint density at radius 3 is 2.41 bits per heavy atom. The normalized spacial score (nSPS) is 17.5. The third kappa shape index (κ3) is 2.69. The first-order chi connectivity index (χ1) is 8.11. The minimum Gasteiger partial charge on any atom is -0.396 e. The number of nitrogens with zero attached hydrogens (tertiary/aromatic N) is 3. The number of hydrogen-bond acceptors (Lipinski definition) is 4. The van der Waals surface area contributed by atoms with Crippen LogP contribution in [-0.2, 0) is 0 Å². The van der Waals surface area contributed by atoms with Crippen molar-refractivity contribution in [3.05, 3.63) is 16.5 Å². The second kappa shape index (κ2) is 5.19. The van der Waals surface area contributed by atoms with Gasteiger partial charge < -0.3 is 10.0 Å². The van der Waals surface area contributed by atoms with Crippen molar-refractivity contribution in [2.45, 2.75) is 26.7 Å². The van der Waals surface area contributed by atoms with Crippen molar-refractivity contribution in [2.24, 2.45) is 5.92 Å². The van der Waals surface area contributed by atoms with Gasteiger partial charge in [-0.25, -0.2) is 9.97 Å². The summed E-state index contributed by atoms with van der Waals surface area (Å²) in [4.78, 5) is 11.0. The number of anilines is 1. The number of aliphatic hydroxyl groups is 1. The van der Waals surface area contributed by atoms with E-state index in [1.54, 1.807) is 0 Å². The van der Waals surface area contributed by atoms with Crippen molar-refractivity contribution in [2.75, 3.05) is 24.6 Å². The number of piperidine rings is 1. The Balaban J connectivity index is 2.16. The van der Waals surface area contributed by atoms with E-state index in [0.29, 0.717) is 11.1 Å². The van der Waals surface area contributed by atoms with Gasteiger partial charge in [0.15, 0.2) is 11.0 Å². The van der Waals surface area contributed by atoms with Gasteiger partial charge in [0.05, 0.1) is 11.4 Å². The Labute approximate surface area is 107 Å². The van der Waals surface area contributed by atoms with Gasteiger partial charge in [0.1, 0.15) is 0 Å². The van der Waals surface area contributed by atoms with E-state index in [1.165, 1.54) is 0 Å². The van der Waals surface area contributed by atoms with E-state index in [9.17, 15) is 0 Å². The molecule has 1 saturated heterocycles. The minimum atomic E-state index is 0.278. The average Bonchev–Trinajstić information content (AvgIpc) is 2.34. The van der Waals surface area contributed by atoms with Gasteiger partial charge in [-0.1, -0.05) is 11.6 Å². The second-order valence-corrected chi connectivity index (χ2v) is 4.98. The molecule has 1 aromatic heterocycles. The van der Waals surface area contributed by atoms with E-state index in [-0.39, 0.29) is 6.61 Å². The zero-order valence-electron chi connectivity index (χ0n) is 10.3. The zero-order valence-corrected chi connectivity index (χ0v) is 11.0. The predicted molar refractivity (Wildman–Crippen MR) is 68.5 cm³/mol. The second-order valence-electron chi connectivity index (χ2n) is 4.62. The molecule has 0 amide bonds. The molecular weight excluding hydrogens is 238 g/mol. The monoisotopic (exact) mass is 255 g/mol. The molecule has 1 N–H and O–H groups in total. The quantitative estimate of drug-likeness (QED) is 0.878. The van der Waals surface area contributed by atoms with Crippen molar-refractivity contribution in [1.82, 2.24) is 9.97 Å². The first-order valence-electron chi connectivity index (χ1n) is 5.98. The highest BCUT2D eigenvalue weighted by molar-refractivity contribution is 6.31. The standard InChI is InChI=1S/C12H18ClN3O/c1-8-9(2)15-12(11(13)14-8)16-5-3-10(7-17)4-6-16/h10,17H,3-7H2,1-2H3. The fourth-order valence-electron chi connectivity index (χ4n) is 2.09. The Morgan fingerprint density at radius 2 is 1.82 bits per heavy atom. The smallest absolute Gasteiger partial charge is 0.171 e. The van der Waals surface area contributed by atoms with Gasteiger partial charge >= 0.3 is 0 Å². The minimum absolute atomic E-state index is 0.278. The molecule has 0 spiro atoms. The third-order valence-electron chi connectivity index (χ3n) is 3.42. The molecule has 1 aromatic rings. The number of hydrogen-bond donors (Lipinski definition) is 1. The summed E-state index contributed by atoms with van der Waals surface area (Å²) < 4.78 is 0. The summed E-state index contributed by atoms with van der Waals surface area (Å²) in [7, 11) is 0. The largest absolute Gasteiger partial charge is 0.396 e. The lowest BCUT2D eigenvalue weighted by atomic mass is 9.98. The van der Waals surface area contributed by atoms with Gasteiger partial charge in [0.2, 0.25) is 0 Å². The molecule has 1 fully saturated rings. The van der Waals surface area contributed by atoms with Crippen LogP contribution in [0.1, 0.15) is 24.2 Å². The lowest BCUT2D eigenvalue weighted by Crippen LogP contribution is -2.35. The molecule has 0 aliphatic carbocycles. The molecule has 0 saturated carbocycles. The molecular formula is C12H18ClN3O. The maximum Gasteiger partial charge on any atom is 0.171 e. The van der Waals surface area contributed by atoms with Gasteiger partial charge in [-0.15, -0.1) is 0 Å². The molecule has 0 unspecified atom stereocenters. The number of aryl methyl sites for hydroxylation is 2. The maximum absolute atomic E-state index is 9.11. The van der Waals surface area contributed by atoms with E-state index < -0.39 is 0 Å². The molecule has 0 aromatic carbocycles. The summed E-state index contributed by atoms with van der Waals surface area (Å²) >= 11 is 6.14. The molecule has 2 heterocycles.